The molecule has 6 rings (SSSR count). The Kier molecular flexibility index (Phi) is 5.90. The third kappa shape index (κ3) is 4.04. The zero-order chi connectivity index (χ0) is 25.5. The van der Waals surface area contributed by atoms with Gasteiger partial charge in [0.25, 0.3) is 11.5 Å². The number of anilines is 3. The number of nitrogens with zero attached hydrogens (tertiary/aromatic N) is 5. The Morgan fingerprint density at radius 3 is 2.86 bits per heavy atom. The minimum Gasteiger partial charge on any atom is -0.392 e. The molecule has 1 aromatic carbocycles. The van der Waals surface area contributed by atoms with Crippen molar-refractivity contribution >= 4 is 28.8 Å². The van der Waals surface area contributed by atoms with Gasteiger partial charge in [-0.2, -0.15) is 0 Å². The smallest absolute Gasteiger partial charge is 0.275 e. The Morgan fingerprint density at radius 1 is 1.19 bits per heavy atom. The predicted octanol–water partition coefficient (Wildman–Crippen LogP) is 2.62. The summed E-state index contributed by atoms with van der Waals surface area (Å²) in [6.07, 6.45) is 8.83. The molecule has 3 N–H and O–H groups in total. The fourth-order valence-corrected chi connectivity index (χ4v) is 5.42. The number of carbonyl (C=O) groups excluding carboxylic acids is 1. The molecule has 3 aliphatic rings. The number of carbonyl (C=O) groups is 1. The molecule has 4 heterocycles. The van der Waals surface area contributed by atoms with Crippen LogP contribution in [0.2, 0.25) is 0 Å². The molecule has 37 heavy (non-hydrogen) atoms. The molecular formula is C27H27N7O3. The minimum absolute atomic E-state index is 0.112. The SMILES string of the molecule is Cn1cc(-c2cccc(N3CNC4C(=NC5=C4CCCC5)C3=O)c2CO)cc(Nc2ccncn2)c1=O. The fourth-order valence-electron chi connectivity index (χ4n) is 5.42. The van der Waals surface area contributed by atoms with Gasteiger partial charge in [-0.3, -0.25) is 24.8 Å². The van der Waals surface area contributed by atoms with E-state index < -0.39 is 0 Å². The predicted molar refractivity (Wildman–Crippen MR) is 141 cm³/mol. The van der Waals surface area contributed by atoms with Crippen LogP contribution in [0.1, 0.15) is 31.2 Å². The molecule has 1 unspecified atom stereocenters. The Morgan fingerprint density at radius 2 is 2.05 bits per heavy atom. The summed E-state index contributed by atoms with van der Waals surface area (Å²) in [5, 5.41) is 17.0. The van der Waals surface area contributed by atoms with E-state index in [0.29, 0.717) is 35.1 Å². The van der Waals surface area contributed by atoms with E-state index in [0.717, 1.165) is 42.5 Å². The summed E-state index contributed by atoms with van der Waals surface area (Å²) in [4.78, 5) is 40.8. The van der Waals surface area contributed by atoms with Gasteiger partial charge in [0.05, 0.1) is 25.0 Å². The number of nitrogens with one attached hydrogen (secondary N) is 2. The van der Waals surface area contributed by atoms with Crippen molar-refractivity contribution < 1.29 is 9.90 Å². The van der Waals surface area contributed by atoms with Crippen LogP contribution in [0, 0.1) is 0 Å². The molecule has 1 atom stereocenters. The number of amides is 1. The van der Waals surface area contributed by atoms with Crippen molar-refractivity contribution in [1.29, 1.82) is 0 Å². The number of hydrogen-bond donors (Lipinski definition) is 3. The topological polar surface area (TPSA) is 125 Å². The minimum atomic E-state index is -0.280. The quantitative estimate of drug-likeness (QED) is 0.495. The molecule has 3 aromatic rings. The van der Waals surface area contributed by atoms with Gasteiger partial charge in [0, 0.05) is 36.3 Å². The van der Waals surface area contributed by atoms with Crippen molar-refractivity contribution in [3.63, 3.8) is 0 Å². The molecule has 0 radical (unpaired) electrons. The summed E-state index contributed by atoms with van der Waals surface area (Å²) < 4.78 is 1.48. The van der Waals surface area contributed by atoms with Gasteiger partial charge in [-0.25, -0.2) is 9.97 Å². The summed E-state index contributed by atoms with van der Waals surface area (Å²) in [6, 6.07) is 8.85. The highest BCUT2D eigenvalue weighted by atomic mass is 16.3. The first-order valence-corrected chi connectivity index (χ1v) is 12.4. The summed E-state index contributed by atoms with van der Waals surface area (Å²) in [6.45, 7) is 0.0427. The van der Waals surface area contributed by atoms with Crippen LogP contribution < -0.4 is 21.1 Å². The lowest BCUT2D eigenvalue weighted by molar-refractivity contribution is -0.113. The maximum Gasteiger partial charge on any atom is 0.275 e. The van der Waals surface area contributed by atoms with Crippen molar-refractivity contribution in [2.45, 2.75) is 38.3 Å². The second-order valence-electron chi connectivity index (χ2n) is 9.44. The molecule has 188 valence electrons. The number of benzene rings is 1. The van der Waals surface area contributed by atoms with Gasteiger partial charge in [0.2, 0.25) is 0 Å². The zero-order valence-corrected chi connectivity index (χ0v) is 20.4. The third-order valence-corrected chi connectivity index (χ3v) is 7.21. The Hall–Kier alpha value is -4.15. The number of aliphatic hydroxyl groups excluding tert-OH is 1. The molecule has 0 saturated carbocycles. The zero-order valence-electron chi connectivity index (χ0n) is 20.4. The number of rotatable bonds is 5. The van der Waals surface area contributed by atoms with Crippen LogP contribution >= 0.6 is 0 Å². The van der Waals surface area contributed by atoms with E-state index in [9.17, 15) is 14.7 Å². The number of allylic oxidation sites excluding steroid dienone is 1. The molecule has 0 bridgehead atoms. The maximum atomic E-state index is 13.6. The molecule has 2 aromatic heterocycles. The van der Waals surface area contributed by atoms with E-state index in [1.165, 1.54) is 16.5 Å². The second kappa shape index (κ2) is 9.38. The van der Waals surface area contributed by atoms with Gasteiger partial charge in [-0.15, -0.1) is 0 Å². The first-order valence-electron chi connectivity index (χ1n) is 12.4. The van der Waals surface area contributed by atoms with E-state index in [1.54, 1.807) is 36.5 Å². The average Bonchev–Trinajstić information content (AvgIpc) is 3.31. The highest BCUT2D eigenvalue weighted by Gasteiger charge is 2.41. The van der Waals surface area contributed by atoms with Gasteiger partial charge in [0.1, 0.15) is 23.5 Å². The van der Waals surface area contributed by atoms with Gasteiger partial charge in [-0.1, -0.05) is 12.1 Å². The van der Waals surface area contributed by atoms with Crippen LogP contribution in [-0.2, 0) is 18.4 Å². The first kappa shape index (κ1) is 23.3. The lowest BCUT2D eigenvalue weighted by atomic mass is 9.90. The Bertz CT molecular complexity index is 1510. The summed E-state index contributed by atoms with van der Waals surface area (Å²) in [7, 11) is 1.67. The maximum absolute atomic E-state index is 13.6. The molecule has 10 heteroatoms. The normalized spacial score (nSPS) is 19.0. The van der Waals surface area contributed by atoms with E-state index in [-0.39, 0.29) is 24.1 Å². The van der Waals surface area contributed by atoms with Crippen molar-refractivity contribution in [1.82, 2.24) is 19.9 Å². The lowest BCUT2D eigenvalue weighted by Crippen LogP contribution is -2.57. The van der Waals surface area contributed by atoms with Crippen molar-refractivity contribution in [3.8, 4) is 11.1 Å². The van der Waals surface area contributed by atoms with Gasteiger partial charge < -0.3 is 15.0 Å². The molecular weight excluding hydrogens is 470 g/mol. The number of pyridine rings is 1. The number of aromatic nitrogens is 3. The third-order valence-electron chi connectivity index (χ3n) is 7.21. The molecule has 10 nitrogen and oxygen atoms in total. The van der Waals surface area contributed by atoms with Crippen LogP contribution in [0.15, 0.2) is 70.1 Å². The van der Waals surface area contributed by atoms with Gasteiger partial charge in [0.15, 0.2) is 0 Å². The number of hydrogen-bond acceptors (Lipinski definition) is 8. The number of aryl methyl sites for hydroxylation is 1. The van der Waals surface area contributed by atoms with Gasteiger partial charge >= 0.3 is 0 Å². The largest absolute Gasteiger partial charge is 0.392 e. The van der Waals surface area contributed by atoms with E-state index >= 15 is 0 Å². The van der Waals surface area contributed by atoms with Gasteiger partial charge in [-0.05, 0) is 55.0 Å². The summed E-state index contributed by atoms with van der Waals surface area (Å²) in [5.41, 5.74) is 5.60. The van der Waals surface area contributed by atoms with Crippen molar-refractivity contribution in [2.24, 2.45) is 12.0 Å². The van der Waals surface area contributed by atoms with Crippen molar-refractivity contribution in [3.05, 3.63) is 76.2 Å². The molecule has 1 amide bonds. The van der Waals surface area contributed by atoms with Crippen LogP contribution in [0.5, 0.6) is 0 Å². The molecule has 2 aliphatic heterocycles. The monoisotopic (exact) mass is 497 g/mol. The summed E-state index contributed by atoms with van der Waals surface area (Å²) in [5.74, 6) is 0.352. The van der Waals surface area contributed by atoms with Crippen LogP contribution in [-0.4, -0.2) is 44.0 Å². The standard InChI is InChI=1S/C27H27N7O3/c1-33-12-16(11-21(26(33)36)31-23-9-10-28-14-29-23)17-6-4-8-22(19(17)13-35)34-15-30-24-18-5-2-3-7-20(18)32-25(24)27(34)37/h4,6,8-12,14,24,30,35H,2-3,5,7,13,15H2,1H3,(H,28,29,31). The Balaban J connectivity index is 1.37. The first-order chi connectivity index (χ1) is 18.0. The molecule has 1 aliphatic carbocycles. The number of aliphatic hydroxyl groups is 1. The molecule has 1 saturated heterocycles. The average molecular weight is 498 g/mol. The lowest BCUT2D eigenvalue weighted by Gasteiger charge is -2.34. The highest BCUT2D eigenvalue weighted by molar-refractivity contribution is 6.47. The number of aliphatic imine (C=N–C) groups is 1. The molecule has 0 spiro atoms. The van der Waals surface area contributed by atoms with Crippen LogP contribution in [0.4, 0.5) is 17.2 Å². The van der Waals surface area contributed by atoms with Crippen molar-refractivity contribution in [2.75, 3.05) is 16.9 Å². The molecule has 1 fully saturated rings. The number of fused-ring (bicyclic) bond motifs is 2. The summed E-state index contributed by atoms with van der Waals surface area (Å²) >= 11 is 0. The van der Waals surface area contributed by atoms with E-state index in [4.69, 9.17) is 4.99 Å². The van der Waals surface area contributed by atoms with E-state index in [1.807, 2.05) is 18.2 Å². The van der Waals surface area contributed by atoms with Crippen LogP contribution in [0.25, 0.3) is 11.1 Å². The second-order valence-corrected chi connectivity index (χ2v) is 9.44. The Labute approximate surface area is 213 Å². The fraction of sp³-hybridized carbons (Fsp3) is 0.296. The van der Waals surface area contributed by atoms with E-state index in [2.05, 4.69) is 20.6 Å². The highest BCUT2D eigenvalue weighted by Crippen LogP contribution is 2.37. The van der Waals surface area contributed by atoms with Crippen LogP contribution in [0.3, 0.4) is 0 Å².